The molecule has 1 radical (unpaired) electrons. The summed E-state index contributed by atoms with van der Waals surface area (Å²) in [7, 11) is 0. The Balaban J connectivity index is 3.82. The van der Waals surface area contributed by atoms with Crippen molar-refractivity contribution in [1.82, 2.24) is 0 Å². The molecule has 0 heterocycles. The van der Waals surface area contributed by atoms with Gasteiger partial charge in [-0.3, -0.25) is 0 Å². The topological polar surface area (TPSA) is 26.3 Å². The van der Waals surface area contributed by atoms with Crippen LogP contribution in [0, 0.1) is 6.92 Å². The standard InChI is InChI=1S/C8H13O2/c1-4-6-7(3)8(9)10-5-2/h6H,3-5H2,1-2H3. The van der Waals surface area contributed by atoms with E-state index in [2.05, 4.69) is 11.7 Å². The van der Waals surface area contributed by atoms with Crippen LogP contribution in [0.25, 0.3) is 0 Å². The van der Waals surface area contributed by atoms with Crippen molar-refractivity contribution in [2.45, 2.75) is 20.3 Å². The van der Waals surface area contributed by atoms with Gasteiger partial charge in [-0.2, -0.15) is 0 Å². The van der Waals surface area contributed by atoms with Gasteiger partial charge in [0.15, 0.2) is 0 Å². The molecule has 0 atom stereocenters. The van der Waals surface area contributed by atoms with Crippen LogP contribution >= 0.6 is 0 Å². The smallest absolute Gasteiger partial charge is 0.333 e. The van der Waals surface area contributed by atoms with Crippen LogP contribution in [0.4, 0.5) is 0 Å². The quantitative estimate of drug-likeness (QED) is 0.442. The molecule has 0 N–H and O–H groups in total. The number of esters is 1. The van der Waals surface area contributed by atoms with E-state index in [4.69, 9.17) is 0 Å². The molecule has 0 saturated heterocycles. The average molecular weight is 141 g/mol. The van der Waals surface area contributed by atoms with E-state index in [1.165, 1.54) is 0 Å². The van der Waals surface area contributed by atoms with Crippen molar-refractivity contribution in [2.24, 2.45) is 0 Å². The molecule has 0 fully saturated rings. The van der Waals surface area contributed by atoms with Gasteiger partial charge in [0.1, 0.15) is 0 Å². The Labute approximate surface area is 61.9 Å². The van der Waals surface area contributed by atoms with E-state index in [1.54, 1.807) is 13.0 Å². The Bertz CT molecular complexity index is 136. The third-order valence-corrected chi connectivity index (χ3v) is 0.988. The lowest BCUT2D eigenvalue weighted by Crippen LogP contribution is -2.04. The second-order valence-electron chi connectivity index (χ2n) is 1.86. The van der Waals surface area contributed by atoms with E-state index in [9.17, 15) is 4.79 Å². The number of carbonyl (C=O) groups excluding carboxylic acids is 1. The molecule has 0 aliphatic heterocycles. The van der Waals surface area contributed by atoms with E-state index in [-0.39, 0.29) is 5.97 Å². The molecule has 2 nitrogen and oxygen atoms in total. The van der Waals surface area contributed by atoms with Gasteiger partial charge in [-0.15, -0.1) is 0 Å². The summed E-state index contributed by atoms with van der Waals surface area (Å²) in [5.74, 6) is -0.315. The number of carbonyl (C=O) groups is 1. The minimum Gasteiger partial charge on any atom is -0.463 e. The number of hydrogen-bond acceptors (Lipinski definition) is 2. The number of allylic oxidation sites excluding steroid dienone is 1. The zero-order valence-corrected chi connectivity index (χ0v) is 6.52. The van der Waals surface area contributed by atoms with Crippen molar-refractivity contribution >= 4 is 5.97 Å². The van der Waals surface area contributed by atoms with Gasteiger partial charge in [0.05, 0.1) is 6.61 Å². The maximum absolute atomic E-state index is 10.8. The number of rotatable bonds is 3. The third-order valence-electron chi connectivity index (χ3n) is 0.988. The van der Waals surface area contributed by atoms with Gasteiger partial charge in [0.2, 0.25) is 0 Å². The molecule has 2 heteroatoms. The molecule has 0 aromatic carbocycles. The van der Waals surface area contributed by atoms with Crippen molar-refractivity contribution in [1.29, 1.82) is 0 Å². The van der Waals surface area contributed by atoms with Crippen molar-refractivity contribution < 1.29 is 9.53 Å². The SMILES string of the molecule is [CH2]C(=CCC)C(=O)OCC. The molecule has 0 saturated carbocycles. The first-order valence-electron chi connectivity index (χ1n) is 3.41. The Hall–Kier alpha value is -0.790. The Morgan fingerprint density at radius 3 is 2.60 bits per heavy atom. The first kappa shape index (κ1) is 9.21. The Kier molecular flexibility index (Phi) is 4.63. The van der Waals surface area contributed by atoms with Gasteiger partial charge in [0, 0.05) is 5.57 Å². The van der Waals surface area contributed by atoms with Gasteiger partial charge in [-0.1, -0.05) is 13.0 Å². The van der Waals surface area contributed by atoms with Gasteiger partial charge in [-0.05, 0) is 20.3 Å². The van der Waals surface area contributed by atoms with Crippen LogP contribution in [-0.2, 0) is 9.53 Å². The maximum atomic E-state index is 10.8. The summed E-state index contributed by atoms with van der Waals surface area (Å²) in [4.78, 5) is 10.8. The predicted octanol–water partition coefficient (Wildman–Crippen LogP) is 1.72. The molecule has 0 amide bonds. The van der Waals surface area contributed by atoms with E-state index in [1.807, 2.05) is 6.92 Å². The molecule has 0 unspecified atom stereocenters. The molecule has 0 aromatic heterocycles. The lowest BCUT2D eigenvalue weighted by molar-refractivity contribution is -0.138. The normalized spacial score (nSPS) is 11.3. The highest BCUT2D eigenvalue weighted by Crippen LogP contribution is 1.96. The van der Waals surface area contributed by atoms with Crippen LogP contribution in [0.3, 0.4) is 0 Å². The molecule has 10 heavy (non-hydrogen) atoms. The van der Waals surface area contributed by atoms with Gasteiger partial charge >= 0.3 is 5.97 Å². The molecule has 0 aliphatic carbocycles. The van der Waals surface area contributed by atoms with E-state index < -0.39 is 0 Å². The molecule has 0 rings (SSSR count). The summed E-state index contributed by atoms with van der Waals surface area (Å²) >= 11 is 0. The highest BCUT2D eigenvalue weighted by atomic mass is 16.5. The van der Waals surface area contributed by atoms with Gasteiger partial charge in [0.25, 0.3) is 0 Å². The van der Waals surface area contributed by atoms with E-state index in [0.29, 0.717) is 12.2 Å². The molecule has 0 spiro atoms. The summed E-state index contributed by atoms with van der Waals surface area (Å²) < 4.78 is 4.69. The minimum absolute atomic E-state index is 0.315. The second-order valence-corrected chi connectivity index (χ2v) is 1.86. The summed E-state index contributed by atoms with van der Waals surface area (Å²) in [6.45, 7) is 7.67. The highest BCUT2D eigenvalue weighted by molar-refractivity contribution is 5.89. The highest BCUT2D eigenvalue weighted by Gasteiger charge is 2.01. The maximum Gasteiger partial charge on any atom is 0.333 e. The van der Waals surface area contributed by atoms with Gasteiger partial charge in [-0.25, -0.2) is 4.79 Å². The first-order valence-corrected chi connectivity index (χ1v) is 3.41. The van der Waals surface area contributed by atoms with E-state index >= 15 is 0 Å². The van der Waals surface area contributed by atoms with Crippen molar-refractivity contribution in [3.05, 3.63) is 18.6 Å². The number of ether oxygens (including phenoxy) is 1. The lowest BCUT2D eigenvalue weighted by atomic mass is 10.2. The summed E-state index contributed by atoms with van der Waals surface area (Å²) in [5, 5.41) is 0. The van der Waals surface area contributed by atoms with Crippen LogP contribution in [0.15, 0.2) is 11.6 Å². The predicted molar refractivity (Wildman–Crippen MR) is 40.4 cm³/mol. The van der Waals surface area contributed by atoms with Crippen LogP contribution < -0.4 is 0 Å². The van der Waals surface area contributed by atoms with Crippen molar-refractivity contribution in [2.75, 3.05) is 6.61 Å². The molecule has 0 aliphatic rings. The average Bonchev–Trinajstić information content (AvgIpc) is 1.89. The first-order chi connectivity index (χ1) is 4.72. The summed E-state index contributed by atoms with van der Waals surface area (Å²) in [5.41, 5.74) is 0.448. The second kappa shape index (κ2) is 5.03. The molecule has 0 aromatic rings. The monoisotopic (exact) mass is 141 g/mol. The molecule has 0 bridgehead atoms. The Morgan fingerprint density at radius 2 is 2.20 bits per heavy atom. The zero-order valence-electron chi connectivity index (χ0n) is 6.52. The third kappa shape index (κ3) is 3.28. The van der Waals surface area contributed by atoms with Gasteiger partial charge < -0.3 is 4.74 Å². The van der Waals surface area contributed by atoms with E-state index in [0.717, 1.165) is 6.42 Å². The van der Waals surface area contributed by atoms with Crippen molar-refractivity contribution in [3.8, 4) is 0 Å². The largest absolute Gasteiger partial charge is 0.463 e. The van der Waals surface area contributed by atoms with Crippen LogP contribution in [0.2, 0.25) is 0 Å². The van der Waals surface area contributed by atoms with Crippen LogP contribution in [0.1, 0.15) is 20.3 Å². The zero-order chi connectivity index (χ0) is 7.98. The molecular formula is C8H13O2. The molecular weight excluding hydrogens is 128 g/mol. The Morgan fingerprint density at radius 1 is 1.60 bits per heavy atom. The lowest BCUT2D eigenvalue weighted by Gasteiger charge is -1.99. The van der Waals surface area contributed by atoms with Crippen LogP contribution in [0.5, 0.6) is 0 Å². The van der Waals surface area contributed by atoms with Crippen molar-refractivity contribution in [3.63, 3.8) is 0 Å². The minimum atomic E-state index is -0.315. The summed E-state index contributed by atoms with van der Waals surface area (Å²) in [6.07, 6.45) is 2.57. The fourth-order valence-electron chi connectivity index (χ4n) is 0.554. The van der Waals surface area contributed by atoms with Crippen LogP contribution in [-0.4, -0.2) is 12.6 Å². The fraction of sp³-hybridized carbons (Fsp3) is 0.500. The fourth-order valence-corrected chi connectivity index (χ4v) is 0.554. The summed E-state index contributed by atoms with van der Waals surface area (Å²) in [6, 6.07) is 0. The molecule has 57 valence electrons. The number of hydrogen-bond donors (Lipinski definition) is 0.